The minimum Gasteiger partial charge on any atom is -0.497 e. The highest BCUT2D eigenvalue weighted by Gasteiger charge is 2.34. The molecule has 31 heavy (non-hydrogen) atoms. The fourth-order valence-corrected chi connectivity index (χ4v) is 4.92. The highest BCUT2D eigenvalue weighted by molar-refractivity contribution is 8.00. The predicted molar refractivity (Wildman–Crippen MR) is 126 cm³/mol. The monoisotopic (exact) mass is 432 g/mol. The van der Waals surface area contributed by atoms with Gasteiger partial charge in [-0.3, -0.25) is 14.5 Å². The van der Waals surface area contributed by atoms with Gasteiger partial charge < -0.3 is 10.1 Å². The van der Waals surface area contributed by atoms with E-state index in [0.29, 0.717) is 22.8 Å². The number of carbonyl (C=O) groups excluding carboxylic acids is 2. The van der Waals surface area contributed by atoms with Crippen molar-refractivity contribution in [1.29, 1.82) is 0 Å². The number of nitrogens with one attached hydrogen (secondary N) is 1. The van der Waals surface area contributed by atoms with Crippen molar-refractivity contribution in [3.05, 3.63) is 89.0 Å². The summed E-state index contributed by atoms with van der Waals surface area (Å²) in [6.07, 6.45) is 0. The molecule has 1 fully saturated rings. The van der Waals surface area contributed by atoms with Gasteiger partial charge in [-0.2, -0.15) is 0 Å². The highest BCUT2D eigenvalue weighted by Crippen LogP contribution is 2.42. The number of benzene rings is 3. The van der Waals surface area contributed by atoms with E-state index < -0.39 is 0 Å². The Bertz CT molecular complexity index is 1110. The van der Waals surface area contributed by atoms with Crippen LogP contribution in [-0.4, -0.2) is 24.7 Å². The van der Waals surface area contributed by atoms with Crippen LogP contribution in [0.4, 0.5) is 11.4 Å². The van der Waals surface area contributed by atoms with E-state index in [1.54, 1.807) is 43.1 Å². The van der Waals surface area contributed by atoms with Gasteiger partial charge >= 0.3 is 0 Å². The van der Waals surface area contributed by atoms with E-state index in [0.717, 1.165) is 22.4 Å². The molecule has 3 aromatic carbocycles. The lowest BCUT2D eigenvalue weighted by molar-refractivity contribution is -0.115. The lowest BCUT2D eigenvalue weighted by Gasteiger charge is -2.25. The molecule has 6 heteroatoms. The van der Waals surface area contributed by atoms with Gasteiger partial charge in [0, 0.05) is 16.9 Å². The van der Waals surface area contributed by atoms with Gasteiger partial charge in [-0.05, 0) is 79.1 Å². The van der Waals surface area contributed by atoms with Crippen molar-refractivity contribution in [3.8, 4) is 5.75 Å². The van der Waals surface area contributed by atoms with E-state index in [9.17, 15) is 9.59 Å². The number of nitrogens with zero attached hydrogens (tertiary/aromatic N) is 1. The number of anilines is 2. The second kappa shape index (κ2) is 8.86. The lowest BCUT2D eigenvalue weighted by atomic mass is 10.1. The maximum absolute atomic E-state index is 12.7. The molecule has 0 saturated carbocycles. The van der Waals surface area contributed by atoms with Crippen molar-refractivity contribution >= 4 is 35.0 Å². The maximum Gasteiger partial charge on any atom is 0.255 e. The molecule has 4 rings (SSSR count). The second-order valence-electron chi connectivity index (χ2n) is 7.58. The molecule has 158 valence electrons. The predicted octanol–water partition coefficient (Wildman–Crippen LogP) is 5.34. The van der Waals surface area contributed by atoms with Gasteiger partial charge in [0.25, 0.3) is 5.91 Å². The van der Waals surface area contributed by atoms with E-state index in [4.69, 9.17) is 4.74 Å². The van der Waals surface area contributed by atoms with E-state index in [-0.39, 0.29) is 17.2 Å². The zero-order valence-corrected chi connectivity index (χ0v) is 18.5. The highest BCUT2D eigenvalue weighted by atomic mass is 32.2. The number of hydrogen-bond donors (Lipinski definition) is 1. The third-order valence-corrected chi connectivity index (χ3v) is 6.35. The molecule has 1 aliphatic rings. The second-order valence-corrected chi connectivity index (χ2v) is 8.65. The zero-order valence-electron chi connectivity index (χ0n) is 17.7. The first-order valence-electron chi connectivity index (χ1n) is 10.0. The van der Waals surface area contributed by atoms with Crippen LogP contribution in [0.3, 0.4) is 0 Å². The molecule has 1 atom stereocenters. The van der Waals surface area contributed by atoms with E-state index in [1.807, 2.05) is 55.1 Å². The van der Waals surface area contributed by atoms with E-state index in [2.05, 4.69) is 11.4 Å². The summed E-state index contributed by atoms with van der Waals surface area (Å²) in [5.74, 6) is 1.03. The lowest BCUT2D eigenvalue weighted by Crippen LogP contribution is -2.28. The topological polar surface area (TPSA) is 58.6 Å². The molecule has 2 amide bonds. The molecule has 1 aliphatic heterocycles. The quantitative estimate of drug-likeness (QED) is 0.591. The molecule has 1 saturated heterocycles. The molecule has 0 aromatic heterocycles. The minimum absolute atomic E-state index is 0.0904. The van der Waals surface area contributed by atoms with Crippen LogP contribution in [0.1, 0.15) is 32.4 Å². The minimum atomic E-state index is -0.193. The Kier molecular flexibility index (Phi) is 6.00. The third kappa shape index (κ3) is 4.59. The summed E-state index contributed by atoms with van der Waals surface area (Å²) in [7, 11) is 1.59. The molecule has 0 bridgehead atoms. The number of thioether (sulfide) groups is 1. The summed E-state index contributed by atoms with van der Waals surface area (Å²) in [6, 6.07) is 20.8. The Morgan fingerprint density at radius 3 is 2.42 bits per heavy atom. The fourth-order valence-electron chi connectivity index (χ4n) is 3.76. The Labute approximate surface area is 186 Å². The summed E-state index contributed by atoms with van der Waals surface area (Å²) in [4.78, 5) is 27.2. The first kappa shape index (κ1) is 21.0. The number of carbonyl (C=O) groups is 2. The Hall–Kier alpha value is -3.25. The molecule has 5 nitrogen and oxygen atoms in total. The largest absolute Gasteiger partial charge is 0.497 e. The van der Waals surface area contributed by atoms with Crippen molar-refractivity contribution in [2.45, 2.75) is 19.2 Å². The zero-order chi connectivity index (χ0) is 22.0. The third-order valence-electron chi connectivity index (χ3n) is 5.13. The van der Waals surface area contributed by atoms with Crippen molar-refractivity contribution in [2.75, 3.05) is 23.1 Å². The number of rotatable bonds is 5. The average molecular weight is 433 g/mol. The number of amides is 2. The van der Waals surface area contributed by atoms with Gasteiger partial charge in [-0.15, -0.1) is 11.8 Å². The maximum atomic E-state index is 12.7. The fraction of sp³-hybridized carbons (Fsp3) is 0.200. The number of methoxy groups -OCH3 is 1. The van der Waals surface area contributed by atoms with Crippen LogP contribution in [0.5, 0.6) is 5.75 Å². The van der Waals surface area contributed by atoms with Gasteiger partial charge in [0.1, 0.15) is 11.1 Å². The van der Waals surface area contributed by atoms with Crippen LogP contribution in [0.2, 0.25) is 0 Å². The summed E-state index contributed by atoms with van der Waals surface area (Å²) in [6.45, 7) is 4.07. The number of ether oxygens (including phenoxy) is 1. The van der Waals surface area contributed by atoms with Crippen LogP contribution in [0.25, 0.3) is 0 Å². The summed E-state index contributed by atoms with van der Waals surface area (Å²) in [5.41, 5.74) is 5.37. The summed E-state index contributed by atoms with van der Waals surface area (Å²) >= 11 is 1.60. The molecule has 0 spiro atoms. The summed E-state index contributed by atoms with van der Waals surface area (Å²) < 4.78 is 5.14. The van der Waals surface area contributed by atoms with Crippen molar-refractivity contribution in [1.82, 2.24) is 0 Å². The molecule has 1 N–H and O–H groups in total. The van der Waals surface area contributed by atoms with Crippen LogP contribution in [0, 0.1) is 13.8 Å². The number of hydrogen-bond acceptors (Lipinski definition) is 4. The SMILES string of the molecule is COc1ccc(C(=O)Nc2cccc(C3SCC(=O)N3c3cc(C)cc(C)c3)c2)cc1. The molecule has 1 unspecified atom stereocenters. The van der Waals surface area contributed by atoms with Crippen LogP contribution >= 0.6 is 11.8 Å². The van der Waals surface area contributed by atoms with Gasteiger partial charge in [0.15, 0.2) is 0 Å². The number of aryl methyl sites for hydroxylation is 2. The van der Waals surface area contributed by atoms with Gasteiger partial charge in [-0.1, -0.05) is 18.2 Å². The van der Waals surface area contributed by atoms with Crippen LogP contribution in [-0.2, 0) is 4.79 Å². The van der Waals surface area contributed by atoms with E-state index >= 15 is 0 Å². The standard InChI is InChI=1S/C25H24N2O3S/c1-16-11-17(2)13-21(12-16)27-23(28)15-31-25(27)19-5-4-6-20(14-19)26-24(29)18-7-9-22(30-3)10-8-18/h4-14,25H,15H2,1-3H3,(H,26,29). The van der Waals surface area contributed by atoms with Crippen molar-refractivity contribution < 1.29 is 14.3 Å². The molecular formula is C25H24N2O3S. The van der Waals surface area contributed by atoms with Crippen LogP contribution in [0.15, 0.2) is 66.7 Å². The Balaban J connectivity index is 1.58. The molecule has 3 aromatic rings. The summed E-state index contributed by atoms with van der Waals surface area (Å²) in [5, 5.41) is 2.82. The van der Waals surface area contributed by atoms with Gasteiger partial charge in [0.05, 0.1) is 12.9 Å². The van der Waals surface area contributed by atoms with Gasteiger partial charge in [-0.25, -0.2) is 0 Å². The molecule has 0 radical (unpaired) electrons. The average Bonchev–Trinajstić information content (AvgIpc) is 3.15. The van der Waals surface area contributed by atoms with E-state index in [1.165, 1.54) is 0 Å². The first-order valence-corrected chi connectivity index (χ1v) is 11.1. The van der Waals surface area contributed by atoms with Crippen molar-refractivity contribution in [3.63, 3.8) is 0 Å². The molecule has 1 heterocycles. The first-order chi connectivity index (χ1) is 14.9. The van der Waals surface area contributed by atoms with Gasteiger partial charge in [0.2, 0.25) is 5.91 Å². The van der Waals surface area contributed by atoms with Crippen molar-refractivity contribution in [2.24, 2.45) is 0 Å². The smallest absolute Gasteiger partial charge is 0.255 e. The molecular weight excluding hydrogens is 408 g/mol. The normalized spacial score (nSPS) is 15.8. The Morgan fingerprint density at radius 2 is 1.74 bits per heavy atom. The van der Waals surface area contributed by atoms with Crippen LogP contribution < -0.4 is 15.0 Å². The molecule has 0 aliphatic carbocycles. The Morgan fingerprint density at radius 1 is 1.03 bits per heavy atom.